The Kier molecular flexibility index (Phi) is 5.03. The molecule has 1 aliphatic heterocycles. The molecule has 0 aromatic heterocycles. The lowest BCUT2D eigenvalue weighted by atomic mass is 9.94. The molecular formula is C15H30O2. The second-order valence-corrected chi connectivity index (χ2v) is 6.12. The van der Waals surface area contributed by atoms with E-state index in [1.807, 2.05) is 0 Å². The SMILES string of the molecule is C.CC(C)[C@H]1OC2(CCCCC2)O[C@H]1C(C)C. The molecule has 1 aliphatic carbocycles. The highest BCUT2D eigenvalue weighted by molar-refractivity contribution is 4.90. The monoisotopic (exact) mass is 242 g/mol. The van der Waals surface area contributed by atoms with Gasteiger partial charge in [0.1, 0.15) is 0 Å². The van der Waals surface area contributed by atoms with Crippen molar-refractivity contribution in [2.75, 3.05) is 0 Å². The number of hydrogen-bond acceptors (Lipinski definition) is 2. The van der Waals surface area contributed by atoms with E-state index in [1.54, 1.807) is 0 Å². The molecule has 1 saturated heterocycles. The van der Waals surface area contributed by atoms with Crippen LogP contribution in [0.1, 0.15) is 67.2 Å². The van der Waals surface area contributed by atoms with Gasteiger partial charge in [0.25, 0.3) is 0 Å². The lowest BCUT2D eigenvalue weighted by Gasteiger charge is -2.32. The smallest absolute Gasteiger partial charge is 0.169 e. The zero-order valence-electron chi connectivity index (χ0n) is 11.2. The van der Waals surface area contributed by atoms with E-state index in [9.17, 15) is 0 Å². The molecule has 0 radical (unpaired) electrons. The van der Waals surface area contributed by atoms with Crippen LogP contribution in [0.3, 0.4) is 0 Å². The first-order chi connectivity index (χ1) is 7.54. The first-order valence-corrected chi connectivity index (χ1v) is 6.90. The Labute approximate surface area is 107 Å². The van der Waals surface area contributed by atoms with E-state index >= 15 is 0 Å². The summed E-state index contributed by atoms with van der Waals surface area (Å²) in [6, 6.07) is 0. The van der Waals surface area contributed by atoms with Crippen LogP contribution in [0.5, 0.6) is 0 Å². The van der Waals surface area contributed by atoms with Gasteiger partial charge >= 0.3 is 0 Å². The zero-order chi connectivity index (χ0) is 11.8. The minimum Gasteiger partial charge on any atom is -0.344 e. The molecule has 0 unspecified atom stereocenters. The molecule has 2 nitrogen and oxygen atoms in total. The van der Waals surface area contributed by atoms with Crippen LogP contribution in [0.4, 0.5) is 0 Å². The lowest BCUT2D eigenvalue weighted by Crippen LogP contribution is -2.34. The third kappa shape index (κ3) is 3.03. The Morgan fingerprint density at radius 1 is 0.824 bits per heavy atom. The number of rotatable bonds is 2. The lowest BCUT2D eigenvalue weighted by molar-refractivity contribution is -0.198. The maximum atomic E-state index is 6.30. The molecular weight excluding hydrogens is 212 g/mol. The molecule has 17 heavy (non-hydrogen) atoms. The van der Waals surface area contributed by atoms with Crippen molar-refractivity contribution in [2.24, 2.45) is 11.8 Å². The fraction of sp³-hybridized carbons (Fsp3) is 1.00. The average molecular weight is 242 g/mol. The second kappa shape index (κ2) is 5.71. The largest absolute Gasteiger partial charge is 0.344 e. The van der Waals surface area contributed by atoms with Crippen LogP contribution in [0.2, 0.25) is 0 Å². The number of ether oxygens (including phenoxy) is 2. The standard InChI is InChI=1S/C14H26O2.CH4/c1-10(2)12-13(11(3)4)16-14(15-12)8-6-5-7-9-14;/h10-13H,5-9H2,1-4H3;1H4/t12-,13+;. The first kappa shape index (κ1) is 15.0. The number of hydrogen-bond donors (Lipinski definition) is 0. The molecule has 2 atom stereocenters. The Morgan fingerprint density at radius 2 is 1.24 bits per heavy atom. The summed E-state index contributed by atoms with van der Waals surface area (Å²) in [6.45, 7) is 8.97. The molecule has 0 aromatic carbocycles. The Hall–Kier alpha value is -0.0800. The van der Waals surface area contributed by atoms with Gasteiger partial charge in [-0.25, -0.2) is 0 Å². The van der Waals surface area contributed by atoms with Gasteiger partial charge in [0.15, 0.2) is 5.79 Å². The van der Waals surface area contributed by atoms with Gasteiger partial charge in [0.05, 0.1) is 12.2 Å². The summed E-state index contributed by atoms with van der Waals surface area (Å²) in [5.74, 6) is 0.879. The van der Waals surface area contributed by atoms with Gasteiger partial charge in [-0.15, -0.1) is 0 Å². The van der Waals surface area contributed by atoms with Gasteiger partial charge in [-0.3, -0.25) is 0 Å². The minimum atomic E-state index is -0.220. The van der Waals surface area contributed by atoms with Crippen molar-refractivity contribution in [1.29, 1.82) is 0 Å². The molecule has 1 heterocycles. The van der Waals surface area contributed by atoms with Crippen LogP contribution >= 0.6 is 0 Å². The summed E-state index contributed by atoms with van der Waals surface area (Å²) in [5.41, 5.74) is 0. The van der Waals surface area contributed by atoms with E-state index in [2.05, 4.69) is 27.7 Å². The highest BCUT2D eigenvalue weighted by Crippen LogP contribution is 2.43. The summed E-state index contributed by atoms with van der Waals surface area (Å²) >= 11 is 0. The van der Waals surface area contributed by atoms with Crippen LogP contribution in [0, 0.1) is 11.8 Å². The van der Waals surface area contributed by atoms with E-state index in [1.165, 1.54) is 19.3 Å². The summed E-state index contributed by atoms with van der Waals surface area (Å²) in [6.07, 6.45) is 6.63. The van der Waals surface area contributed by atoms with Gasteiger partial charge in [0.2, 0.25) is 0 Å². The molecule has 102 valence electrons. The van der Waals surface area contributed by atoms with E-state index < -0.39 is 0 Å². The quantitative estimate of drug-likeness (QED) is 0.715. The molecule has 1 spiro atoms. The van der Waals surface area contributed by atoms with Crippen LogP contribution < -0.4 is 0 Å². The normalized spacial score (nSPS) is 32.1. The molecule has 2 fully saturated rings. The fourth-order valence-corrected chi connectivity index (χ4v) is 3.01. The van der Waals surface area contributed by atoms with Crippen molar-refractivity contribution in [3.8, 4) is 0 Å². The van der Waals surface area contributed by atoms with Crippen molar-refractivity contribution in [3.63, 3.8) is 0 Å². The molecule has 2 heteroatoms. The molecule has 0 amide bonds. The first-order valence-electron chi connectivity index (χ1n) is 6.90. The maximum Gasteiger partial charge on any atom is 0.169 e. The molecule has 1 saturated carbocycles. The molecule has 0 N–H and O–H groups in total. The topological polar surface area (TPSA) is 18.5 Å². The summed E-state index contributed by atoms with van der Waals surface area (Å²) in [7, 11) is 0. The maximum absolute atomic E-state index is 6.30. The van der Waals surface area contributed by atoms with Crippen molar-refractivity contribution < 1.29 is 9.47 Å². The summed E-state index contributed by atoms with van der Waals surface area (Å²) < 4.78 is 12.6. The highest BCUT2D eigenvalue weighted by Gasteiger charge is 2.49. The van der Waals surface area contributed by atoms with Gasteiger partial charge in [-0.1, -0.05) is 41.5 Å². The minimum absolute atomic E-state index is 0. The van der Waals surface area contributed by atoms with E-state index in [0.717, 1.165) is 12.8 Å². The fourth-order valence-electron chi connectivity index (χ4n) is 3.01. The van der Waals surface area contributed by atoms with Gasteiger partial charge in [-0.2, -0.15) is 0 Å². The summed E-state index contributed by atoms with van der Waals surface area (Å²) in [4.78, 5) is 0. The Balaban J connectivity index is 0.00000144. The summed E-state index contributed by atoms with van der Waals surface area (Å²) in [5, 5.41) is 0. The van der Waals surface area contributed by atoms with Crippen LogP contribution in [0.15, 0.2) is 0 Å². The Morgan fingerprint density at radius 3 is 1.59 bits per heavy atom. The molecule has 2 rings (SSSR count). The van der Waals surface area contributed by atoms with Gasteiger partial charge in [0, 0.05) is 12.8 Å². The molecule has 2 aliphatic rings. The van der Waals surface area contributed by atoms with Crippen molar-refractivity contribution >= 4 is 0 Å². The van der Waals surface area contributed by atoms with E-state index in [0.29, 0.717) is 11.8 Å². The van der Waals surface area contributed by atoms with Crippen molar-refractivity contribution in [3.05, 3.63) is 0 Å². The van der Waals surface area contributed by atoms with Crippen LogP contribution in [-0.4, -0.2) is 18.0 Å². The second-order valence-electron chi connectivity index (χ2n) is 6.12. The van der Waals surface area contributed by atoms with Crippen molar-refractivity contribution in [2.45, 2.75) is 85.2 Å². The molecule has 0 bridgehead atoms. The predicted molar refractivity (Wildman–Crippen MR) is 72.0 cm³/mol. The third-order valence-corrected chi connectivity index (χ3v) is 3.96. The van der Waals surface area contributed by atoms with Crippen LogP contribution in [0.25, 0.3) is 0 Å². The van der Waals surface area contributed by atoms with Crippen LogP contribution in [-0.2, 0) is 9.47 Å². The van der Waals surface area contributed by atoms with Crippen molar-refractivity contribution in [1.82, 2.24) is 0 Å². The van der Waals surface area contributed by atoms with E-state index in [-0.39, 0.29) is 25.4 Å². The average Bonchev–Trinajstić information content (AvgIpc) is 2.59. The Bertz CT molecular complexity index is 211. The van der Waals surface area contributed by atoms with Gasteiger partial charge in [-0.05, 0) is 24.7 Å². The van der Waals surface area contributed by atoms with Gasteiger partial charge < -0.3 is 9.47 Å². The zero-order valence-corrected chi connectivity index (χ0v) is 11.2. The predicted octanol–water partition coefficient (Wildman–Crippen LogP) is 4.38. The highest BCUT2D eigenvalue weighted by atomic mass is 16.8. The van der Waals surface area contributed by atoms with E-state index in [4.69, 9.17) is 9.47 Å². The molecule has 0 aromatic rings. The third-order valence-electron chi connectivity index (χ3n) is 3.96.